The van der Waals surface area contributed by atoms with Crippen LogP contribution in [0.1, 0.15) is 16.1 Å². The van der Waals surface area contributed by atoms with Gasteiger partial charge in [-0.15, -0.1) is 0 Å². The van der Waals surface area contributed by atoms with Crippen LogP contribution in [0.2, 0.25) is 0 Å². The van der Waals surface area contributed by atoms with E-state index in [1.807, 2.05) is 36.4 Å². The molecule has 25 heavy (non-hydrogen) atoms. The zero-order valence-corrected chi connectivity index (χ0v) is 14.8. The molecule has 1 heterocycles. The van der Waals surface area contributed by atoms with Gasteiger partial charge in [-0.25, -0.2) is 5.43 Å². The molecule has 0 aliphatic heterocycles. The predicted molar refractivity (Wildman–Crippen MR) is 101 cm³/mol. The number of nitrogens with one attached hydrogen (secondary N) is 1. The summed E-state index contributed by atoms with van der Waals surface area (Å²) in [4.78, 5) is 12.1. The van der Waals surface area contributed by atoms with Crippen molar-refractivity contribution in [3.8, 4) is 5.75 Å². The lowest BCUT2D eigenvalue weighted by atomic mass is 10.2. The molecule has 3 rings (SSSR count). The maximum absolute atomic E-state index is 12.1. The third-order valence-electron chi connectivity index (χ3n) is 3.33. The van der Waals surface area contributed by atoms with E-state index in [-0.39, 0.29) is 5.76 Å². The van der Waals surface area contributed by atoms with Crippen LogP contribution in [0.4, 0.5) is 0 Å². The van der Waals surface area contributed by atoms with Crippen LogP contribution >= 0.6 is 15.9 Å². The fraction of sp³-hybridized carbons (Fsp3) is 0.0526. The van der Waals surface area contributed by atoms with Gasteiger partial charge in [-0.05, 0) is 54.1 Å². The predicted octanol–water partition coefficient (Wildman–Crippen LogP) is 4.52. The molecule has 0 aliphatic carbocycles. The first kappa shape index (κ1) is 17.0. The van der Waals surface area contributed by atoms with Crippen molar-refractivity contribution in [2.24, 2.45) is 5.10 Å². The highest BCUT2D eigenvalue weighted by atomic mass is 79.9. The van der Waals surface area contributed by atoms with Gasteiger partial charge in [0.2, 0.25) is 0 Å². The smallest absolute Gasteiger partial charge is 0.307 e. The van der Waals surface area contributed by atoms with Crippen LogP contribution in [-0.2, 0) is 0 Å². The Morgan fingerprint density at radius 1 is 1.24 bits per heavy atom. The van der Waals surface area contributed by atoms with E-state index >= 15 is 0 Å². The zero-order valence-electron chi connectivity index (χ0n) is 13.2. The maximum atomic E-state index is 12.1. The molecule has 1 N–H and O–H groups in total. The third kappa shape index (κ3) is 4.36. The summed E-state index contributed by atoms with van der Waals surface area (Å²) in [7, 11) is 0. The highest BCUT2D eigenvalue weighted by Crippen LogP contribution is 2.23. The molecule has 0 aliphatic rings. The molecule has 0 saturated carbocycles. The van der Waals surface area contributed by atoms with Gasteiger partial charge in [0, 0.05) is 9.86 Å². The van der Waals surface area contributed by atoms with Gasteiger partial charge < -0.3 is 9.15 Å². The molecule has 0 spiro atoms. The molecule has 2 aromatic carbocycles. The lowest BCUT2D eigenvalue weighted by Gasteiger charge is -2.02. The van der Waals surface area contributed by atoms with Crippen molar-refractivity contribution < 1.29 is 13.9 Å². The Balaban J connectivity index is 1.62. The number of fused-ring (bicyclic) bond motifs is 1. The fourth-order valence-corrected chi connectivity index (χ4v) is 2.53. The molecule has 0 radical (unpaired) electrons. The Labute approximate surface area is 153 Å². The van der Waals surface area contributed by atoms with Crippen molar-refractivity contribution in [3.05, 3.63) is 77.0 Å². The van der Waals surface area contributed by atoms with Gasteiger partial charge in [-0.1, -0.05) is 28.6 Å². The number of halogens is 1. The summed E-state index contributed by atoms with van der Waals surface area (Å²) in [5.41, 5.74) is 3.93. The number of hydrogen-bond acceptors (Lipinski definition) is 4. The average molecular weight is 399 g/mol. The largest absolute Gasteiger partial charge is 0.490 e. The minimum atomic E-state index is -0.408. The number of nitrogens with zero attached hydrogens (tertiary/aromatic N) is 1. The minimum absolute atomic E-state index is 0.207. The molecule has 3 aromatic rings. The van der Waals surface area contributed by atoms with Gasteiger partial charge in [0.05, 0.1) is 6.21 Å². The third-order valence-corrected chi connectivity index (χ3v) is 3.82. The molecule has 0 saturated heterocycles. The van der Waals surface area contributed by atoms with E-state index in [9.17, 15) is 4.79 Å². The van der Waals surface area contributed by atoms with E-state index in [1.165, 1.54) is 0 Å². The van der Waals surface area contributed by atoms with Crippen molar-refractivity contribution in [3.63, 3.8) is 0 Å². The topological polar surface area (TPSA) is 63.8 Å². The second-order valence-corrected chi connectivity index (χ2v) is 6.08. The Bertz CT molecular complexity index is 929. The van der Waals surface area contributed by atoms with E-state index in [0.717, 1.165) is 21.2 Å². The first-order valence-corrected chi connectivity index (χ1v) is 8.31. The monoisotopic (exact) mass is 398 g/mol. The van der Waals surface area contributed by atoms with E-state index in [2.05, 4.69) is 33.0 Å². The van der Waals surface area contributed by atoms with Crippen LogP contribution in [0.3, 0.4) is 0 Å². The first-order valence-electron chi connectivity index (χ1n) is 7.52. The van der Waals surface area contributed by atoms with Crippen molar-refractivity contribution in [2.75, 3.05) is 6.61 Å². The minimum Gasteiger partial charge on any atom is -0.490 e. The fourth-order valence-electron chi connectivity index (χ4n) is 2.15. The summed E-state index contributed by atoms with van der Waals surface area (Å²) in [6.45, 7) is 4.05. The molecule has 0 fully saturated rings. The average Bonchev–Trinajstić information content (AvgIpc) is 3.04. The highest BCUT2D eigenvalue weighted by Gasteiger charge is 2.11. The molecular formula is C19H15BrN2O3. The Morgan fingerprint density at radius 2 is 2.04 bits per heavy atom. The summed E-state index contributed by atoms with van der Waals surface area (Å²) in [6, 6.07) is 14.5. The summed E-state index contributed by atoms with van der Waals surface area (Å²) in [6.07, 6.45) is 3.23. The quantitative estimate of drug-likeness (QED) is 0.377. The number of furan rings is 1. The summed E-state index contributed by atoms with van der Waals surface area (Å²) >= 11 is 3.39. The zero-order chi connectivity index (χ0) is 17.6. The van der Waals surface area contributed by atoms with Crippen LogP contribution in [0.5, 0.6) is 5.75 Å². The van der Waals surface area contributed by atoms with Crippen LogP contribution in [0.25, 0.3) is 11.0 Å². The summed E-state index contributed by atoms with van der Waals surface area (Å²) < 4.78 is 11.8. The standard InChI is InChI=1S/C19H15BrN2O3/c1-2-9-24-16-6-3-13(4-7-16)12-21-22-19(23)18-11-14-10-15(20)5-8-17(14)25-18/h2-8,10-12H,1,9H2,(H,22,23)/b21-12+. The summed E-state index contributed by atoms with van der Waals surface area (Å²) in [5, 5.41) is 4.79. The molecule has 5 nitrogen and oxygen atoms in total. The summed E-state index contributed by atoms with van der Waals surface area (Å²) in [5.74, 6) is 0.544. The highest BCUT2D eigenvalue weighted by molar-refractivity contribution is 9.10. The molecule has 6 heteroatoms. The lowest BCUT2D eigenvalue weighted by Crippen LogP contribution is -2.16. The van der Waals surface area contributed by atoms with Crippen molar-refractivity contribution in [1.29, 1.82) is 0 Å². The van der Waals surface area contributed by atoms with E-state index < -0.39 is 5.91 Å². The molecule has 0 bridgehead atoms. The molecular weight excluding hydrogens is 384 g/mol. The molecule has 1 aromatic heterocycles. The van der Waals surface area contributed by atoms with Gasteiger partial charge in [-0.3, -0.25) is 4.79 Å². The Morgan fingerprint density at radius 3 is 2.80 bits per heavy atom. The number of carbonyl (C=O) groups is 1. The SMILES string of the molecule is C=CCOc1ccc(/C=N/NC(=O)c2cc3cc(Br)ccc3o2)cc1. The molecule has 0 atom stereocenters. The Kier molecular flexibility index (Phi) is 5.30. The number of carbonyl (C=O) groups excluding carboxylic acids is 1. The van der Waals surface area contributed by atoms with E-state index in [1.54, 1.807) is 24.4 Å². The second-order valence-electron chi connectivity index (χ2n) is 5.16. The van der Waals surface area contributed by atoms with Gasteiger partial charge in [0.15, 0.2) is 5.76 Å². The van der Waals surface area contributed by atoms with Crippen LogP contribution in [-0.4, -0.2) is 18.7 Å². The van der Waals surface area contributed by atoms with E-state index in [4.69, 9.17) is 9.15 Å². The van der Waals surface area contributed by atoms with Gasteiger partial charge in [-0.2, -0.15) is 5.10 Å². The Hall–Kier alpha value is -2.86. The number of ether oxygens (including phenoxy) is 1. The maximum Gasteiger partial charge on any atom is 0.307 e. The number of hydrogen-bond donors (Lipinski definition) is 1. The van der Waals surface area contributed by atoms with Crippen molar-refractivity contribution in [2.45, 2.75) is 0 Å². The molecule has 126 valence electrons. The number of amides is 1. The second kappa shape index (κ2) is 7.81. The molecule has 1 amide bonds. The van der Waals surface area contributed by atoms with Crippen molar-refractivity contribution in [1.82, 2.24) is 5.43 Å². The van der Waals surface area contributed by atoms with Crippen molar-refractivity contribution >= 4 is 39.0 Å². The number of benzene rings is 2. The van der Waals surface area contributed by atoms with Gasteiger partial charge in [0.25, 0.3) is 0 Å². The lowest BCUT2D eigenvalue weighted by molar-refractivity contribution is 0.0929. The number of hydrazone groups is 1. The number of rotatable bonds is 6. The van der Waals surface area contributed by atoms with Crippen LogP contribution in [0.15, 0.2) is 75.2 Å². The first-order chi connectivity index (χ1) is 12.2. The van der Waals surface area contributed by atoms with Crippen LogP contribution in [0, 0.1) is 0 Å². The van der Waals surface area contributed by atoms with Crippen LogP contribution < -0.4 is 10.2 Å². The molecule has 0 unspecified atom stereocenters. The normalized spacial score (nSPS) is 10.9. The van der Waals surface area contributed by atoms with Gasteiger partial charge in [0.1, 0.15) is 17.9 Å². The van der Waals surface area contributed by atoms with E-state index in [0.29, 0.717) is 12.2 Å². The van der Waals surface area contributed by atoms with Gasteiger partial charge >= 0.3 is 5.91 Å².